The molecule has 146 valence electrons. The van der Waals surface area contributed by atoms with Crippen LogP contribution < -0.4 is 10.1 Å². The summed E-state index contributed by atoms with van der Waals surface area (Å²) in [5.41, 5.74) is 2.46. The van der Waals surface area contributed by atoms with E-state index in [9.17, 15) is 4.79 Å². The summed E-state index contributed by atoms with van der Waals surface area (Å²) in [7, 11) is 0. The van der Waals surface area contributed by atoms with Gasteiger partial charge in [-0.3, -0.25) is 14.5 Å². The van der Waals surface area contributed by atoms with Gasteiger partial charge < -0.3 is 10.1 Å². The SMILES string of the molecule is Cc1nc(COc2cccc(C(=O)Nc3ccn(Cc4ccncc4)n3)c2)cs1. The van der Waals surface area contributed by atoms with Gasteiger partial charge in [-0.25, -0.2) is 4.98 Å². The van der Waals surface area contributed by atoms with Crippen LogP contribution in [0.5, 0.6) is 5.75 Å². The molecule has 7 nitrogen and oxygen atoms in total. The van der Waals surface area contributed by atoms with Gasteiger partial charge in [0.2, 0.25) is 0 Å². The summed E-state index contributed by atoms with van der Waals surface area (Å²) in [6.45, 7) is 2.93. The normalized spacial score (nSPS) is 10.7. The Morgan fingerprint density at radius 3 is 2.86 bits per heavy atom. The van der Waals surface area contributed by atoms with Gasteiger partial charge in [-0.2, -0.15) is 5.10 Å². The maximum absolute atomic E-state index is 12.6. The summed E-state index contributed by atoms with van der Waals surface area (Å²) in [5.74, 6) is 0.869. The average molecular weight is 405 g/mol. The van der Waals surface area contributed by atoms with Gasteiger partial charge in [0.25, 0.3) is 5.91 Å². The number of hydrogen-bond acceptors (Lipinski definition) is 6. The Hall–Kier alpha value is -3.52. The largest absolute Gasteiger partial charge is 0.487 e. The maximum Gasteiger partial charge on any atom is 0.256 e. The molecule has 0 aliphatic rings. The summed E-state index contributed by atoms with van der Waals surface area (Å²) >= 11 is 1.58. The number of nitrogens with zero attached hydrogens (tertiary/aromatic N) is 4. The first-order valence-corrected chi connectivity index (χ1v) is 9.91. The molecule has 0 spiro atoms. The second-order valence-electron chi connectivity index (χ2n) is 6.38. The fourth-order valence-corrected chi connectivity index (χ4v) is 3.34. The van der Waals surface area contributed by atoms with Crippen molar-refractivity contribution < 1.29 is 9.53 Å². The van der Waals surface area contributed by atoms with Crippen molar-refractivity contribution in [2.24, 2.45) is 0 Å². The van der Waals surface area contributed by atoms with E-state index in [1.165, 1.54) is 0 Å². The fourth-order valence-electron chi connectivity index (χ4n) is 2.74. The molecule has 0 atom stereocenters. The summed E-state index contributed by atoms with van der Waals surface area (Å²) in [5, 5.41) is 10.2. The summed E-state index contributed by atoms with van der Waals surface area (Å²) in [6, 6.07) is 12.7. The quantitative estimate of drug-likeness (QED) is 0.504. The monoisotopic (exact) mass is 405 g/mol. The number of benzene rings is 1. The molecule has 4 aromatic rings. The fraction of sp³-hybridized carbons (Fsp3) is 0.143. The Balaban J connectivity index is 1.37. The molecule has 0 aliphatic heterocycles. The first-order chi connectivity index (χ1) is 14.2. The van der Waals surface area contributed by atoms with Crippen LogP contribution in [0.4, 0.5) is 5.82 Å². The van der Waals surface area contributed by atoms with E-state index < -0.39 is 0 Å². The predicted molar refractivity (Wildman–Crippen MR) is 111 cm³/mol. The predicted octanol–water partition coefficient (Wildman–Crippen LogP) is 3.92. The van der Waals surface area contributed by atoms with Gasteiger partial charge in [-0.05, 0) is 42.8 Å². The number of thiazole rings is 1. The zero-order valence-electron chi connectivity index (χ0n) is 15.8. The zero-order valence-corrected chi connectivity index (χ0v) is 16.6. The molecule has 1 aromatic carbocycles. The van der Waals surface area contributed by atoms with Crippen LogP contribution in [0.25, 0.3) is 0 Å². The van der Waals surface area contributed by atoms with Crippen molar-refractivity contribution in [3.8, 4) is 5.75 Å². The van der Waals surface area contributed by atoms with E-state index in [2.05, 4.69) is 20.4 Å². The van der Waals surface area contributed by atoms with Gasteiger partial charge in [0.05, 0.1) is 17.2 Å². The third-order valence-corrected chi connectivity index (χ3v) is 4.95. The van der Waals surface area contributed by atoms with Gasteiger partial charge in [0.15, 0.2) is 5.82 Å². The molecule has 4 rings (SSSR count). The molecule has 0 aliphatic carbocycles. The topological polar surface area (TPSA) is 81.9 Å². The van der Waals surface area contributed by atoms with Crippen molar-refractivity contribution in [1.29, 1.82) is 0 Å². The molecule has 1 N–H and O–H groups in total. The van der Waals surface area contributed by atoms with Crippen molar-refractivity contribution in [2.45, 2.75) is 20.1 Å². The van der Waals surface area contributed by atoms with E-state index in [-0.39, 0.29) is 5.91 Å². The number of anilines is 1. The number of aryl methyl sites for hydroxylation is 1. The molecule has 3 aromatic heterocycles. The number of carbonyl (C=O) groups is 1. The second kappa shape index (κ2) is 8.66. The lowest BCUT2D eigenvalue weighted by Gasteiger charge is -2.07. The molecular weight excluding hydrogens is 386 g/mol. The highest BCUT2D eigenvalue weighted by Gasteiger charge is 2.10. The minimum atomic E-state index is -0.242. The first-order valence-electron chi connectivity index (χ1n) is 9.03. The summed E-state index contributed by atoms with van der Waals surface area (Å²) in [4.78, 5) is 21.0. The Labute approximate surface area is 172 Å². The minimum absolute atomic E-state index is 0.242. The summed E-state index contributed by atoms with van der Waals surface area (Å²) in [6.07, 6.45) is 5.31. The lowest BCUT2D eigenvalue weighted by molar-refractivity contribution is 0.102. The Morgan fingerprint density at radius 1 is 1.21 bits per heavy atom. The molecule has 3 heterocycles. The van der Waals surface area contributed by atoms with Crippen LogP contribution in [0.15, 0.2) is 66.4 Å². The van der Waals surface area contributed by atoms with E-state index in [1.807, 2.05) is 36.7 Å². The molecule has 8 heteroatoms. The van der Waals surface area contributed by atoms with E-state index in [0.29, 0.717) is 30.3 Å². The molecule has 0 radical (unpaired) electrons. The Kier molecular flexibility index (Phi) is 5.62. The molecule has 0 fully saturated rings. The van der Waals surface area contributed by atoms with Gasteiger partial charge in [-0.1, -0.05) is 6.07 Å². The van der Waals surface area contributed by atoms with Crippen LogP contribution in [0.2, 0.25) is 0 Å². The Morgan fingerprint density at radius 2 is 2.07 bits per heavy atom. The number of amides is 1. The number of carbonyl (C=O) groups excluding carboxylic acids is 1. The smallest absolute Gasteiger partial charge is 0.256 e. The van der Waals surface area contributed by atoms with E-state index in [0.717, 1.165) is 16.3 Å². The number of nitrogens with one attached hydrogen (secondary N) is 1. The van der Waals surface area contributed by atoms with Gasteiger partial charge in [0, 0.05) is 35.6 Å². The van der Waals surface area contributed by atoms with Crippen LogP contribution in [-0.2, 0) is 13.2 Å². The molecular formula is C21H19N5O2S. The van der Waals surface area contributed by atoms with Crippen molar-refractivity contribution in [2.75, 3.05) is 5.32 Å². The van der Waals surface area contributed by atoms with Crippen LogP contribution >= 0.6 is 11.3 Å². The van der Waals surface area contributed by atoms with Crippen LogP contribution in [0.1, 0.15) is 26.6 Å². The highest BCUT2D eigenvalue weighted by molar-refractivity contribution is 7.09. The minimum Gasteiger partial charge on any atom is -0.487 e. The van der Waals surface area contributed by atoms with Crippen molar-refractivity contribution in [3.63, 3.8) is 0 Å². The number of ether oxygens (including phenoxy) is 1. The zero-order chi connectivity index (χ0) is 20.1. The third kappa shape index (κ3) is 5.05. The van der Waals surface area contributed by atoms with Gasteiger partial charge >= 0.3 is 0 Å². The highest BCUT2D eigenvalue weighted by Crippen LogP contribution is 2.17. The summed E-state index contributed by atoms with van der Waals surface area (Å²) < 4.78 is 7.52. The van der Waals surface area contributed by atoms with Gasteiger partial charge in [-0.15, -0.1) is 11.3 Å². The average Bonchev–Trinajstić information content (AvgIpc) is 3.36. The number of pyridine rings is 1. The molecule has 0 saturated carbocycles. The van der Waals surface area contributed by atoms with Crippen molar-refractivity contribution in [3.05, 3.63) is 88.3 Å². The van der Waals surface area contributed by atoms with E-state index in [1.54, 1.807) is 52.7 Å². The standard InChI is InChI=1S/C21H19N5O2S/c1-15-23-18(14-29-15)13-28-19-4-2-3-17(11-19)21(27)24-20-7-10-26(25-20)12-16-5-8-22-9-6-16/h2-11,14H,12-13H2,1H3,(H,24,25,27). The van der Waals surface area contributed by atoms with Crippen molar-refractivity contribution >= 4 is 23.1 Å². The van der Waals surface area contributed by atoms with Crippen molar-refractivity contribution in [1.82, 2.24) is 19.7 Å². The number of hydrogen-bond donors (Lipinski definition) is 1. The van der Waals surface area contributed by atoms with Gasteiger partial charge in [0.1, 0.15) is 12.4 Å². The third-order valence-electron chi connectivity index (χ3n) is 4.13. The molecule has 29 heavy (non-hydrogen) atoms. The maximum atomic E-state index is 12.6. The number of rotatable bonds is 7. The molecule has 0 unspecified atom stereocenters. The first kappa shape index (κ1) is 18.8. The lowest BCUT2D eigenvalue weighted by Crippen LogP contribution is -2.13. The lowest BCUT2D eigenvalue weighted by atomic mass is 10.2. The number of aromatic nitrogens is 4. The molecule has 0 saturated heterocycles. The van der Waals surface area contributed by atoms with E-state index >= 15 is 0 Å². The molecule has 0 bridgehead atoms. The highest BCUT2D eigenvalue weighted by atomic mass is 32.1. The van der Waals surface area contributed by atoms with E-state index in [4.69, 9.17) is 4.74 Å². The Bertz CT molecular complexity index is 1110. The van der Waals surface area contributed by atoms with Crippen LogP contribution in [0, 0.1) is 6.92 Å². The van der Waals surface area contributed by atoms with Crippen LogP contribution in [-0.4, -0.2) is 25.7 Å². The molecule has 1 amide bonds. The second-order valence-corrected chi connectivity index (χ2v) is 7.44. The van der Waals surface area contributed by atoms with Crippen LogP contribution in [0.3, 0.4) is 0 Å².